The highest BCUT2D eigenvalue weighted by atomic mass is 19.1. The van der Waals surface area contributed by atoms with Gasteiger partial charge in [-0.2, -0.15) is 0 Å². The molecule has 1 aromatic heterocycles. The van der Waals surface area contributed by atoms with Crippen LogP contribution in [0.15, 0.2) is 48.5 Å². The Hall–Kier alpha value is -2.95. The van der Waals surface area contributed by atoms with E-state index in [1.807, 2.05) is 24.3 Å². The summed E-state index contributed by atoms with van der Waals surface area (Å²) < 4.78 is 13.2. The highest BCUT2D eigenvalue weighted by Gasteiger charge is 2.05. The molecule has 2 N–H and O–H groups in total. The van der Waals surface area contributed by atoms with Gasteiger partial charge in [-0.25, -0.2) is 14.2 Å². The van der Waals surface area contributed by atoms with Gasteiger partial charge >= 0.3 is 5.97 Å². The highest BCUT2D eigenvalue weighted by molar-refractivity contribution is 5.85. The first-order chi connectivity index (χ1) is 10.6. The van der Waals surface area contributed by atoms with Gasteiger partial charge in [0.15, 0.2) is 0 Å². The van der Waals surface area contributed by atoms with Crippen LogP contribution in [0.3, 0.4) is 0 Å². The average molecular weight is 296 g/mol. The molecule has 0 amide bonds. The number of hydrogen-bond donors (Lipinski definition) is 2. The maximum absolute atomic E-state index is 13.2. The zero-order chi connectivity index (χ0) is 15.5. The second-order valence-electron chi connectivity index (χ2n) is 4.93. The molecule has 0 fully saturated rings. The summed E-state index contributed by atoms with van der Waals surface area (Å²) in [5.74, 6) is -0.509. The summed E-state index contributed by atoms with van der Waals surface area (Å²) in [5.41, 5.74) is 3.26. The Morgan fingerprint density at radius 2 is 2.00 bits per heavy atom. The van der Waals surface area contributed by atoms with Crippen LogP contribution in [0.5, 0.6) is 0 Å². The minimum Gasteiger partial charge on any atom is -0.478 e. The van der Waals surface area contributed by atoms with Gasteiger partial charge in [0, 0.05) is 12.5 Å². The predicted octanol–water partition coefficient (Wildman–Crippen LogP) is 3.39. The molecular formula is C17H13FN2O2. The number of carboxylic acid groups (broad SMARTS) is 1. The standard InChI is InChI=1S/C17H13FN2O2/c18-13-6-7-14-15(10-13)20-16(19-14)9-12-3-1-11(2-4-12)5-8-17(21)22/h1-8,10H,9H2,(H,19,20)(H,21,22)/b8-5+. The first-order valence-electron chi connectivity index (χ1n) is 6.74. The number of carboxylic acids is 1. The van der Waals surface area contributed by atoms with E-state index in [-0.39, 0.29) is 5.82 Å². The predicted molar refractivity (Wildman–Crippen MR) is 82.0 cm³/mol. The number of rotatable bonds is 4. The molecule has 0 saturated carbocycles. The number of aromatic nitrogens is 2. The number of benzene rings is 2. The lowest BCUT2D eigenvalue weighted by molar-refractivity contribution is -0.131. The Bertz CT molecular complexity index is 851. The molecule has 4 nitrogen and oxygen atoms in total. The Kier molecular flexibility index (Phi) is 3.70. The SMILES string of the molecule is O=C(O)/C=C/c1ccc(Cc2nc3ccc(F)cc3[nH]2)cc1. The zero-order valence-electron chi connectivity index (χ0n) is 11.6. The van der Waals surface area contributed by atoms with Gasteiger partial charge in [0.2, 0.25) is 0 Å². The van der Waals surface area contributed by atoms with Crippen molar-refractivity contribution in [1.82, 2.24) is 9.97 Å². The largest absolute Gasteiger partial charge is 0.478 e. The van der Waals surface area contributed by atoms with E-state index < -0.39 is 5.97 Å². The summed E-state index contributed by atoms with van der Waals surface area (Å²) in [6, 6.07) is 12.0. The summed E-state index contributed by atoms with van der Waals surface area (Å²) in [7, 11) is 0. The number of fused-ring (bicyclic) bond motifs is 1. The number of hydrogen-bond acceptors (Lipinski definition) is 2. The summed E-state index contributed by atoms with van der Waals surface area (Å²) in [6.45, 7) is 0. The minimum atomic E-state index is -0.974. The molecule has 0 bridgehead atoms. The maximum Gasteiger partial charge on any atom is 0.328 e. The first-order valence-corrected chi connectivity index (χ1v) is 6.74. The molecule has 0 aliphatic heterocycles. The zero-order valence-corrected chi connectivity index (χ0v) is 11.6. The molecule has 0 radical (unpaired) electrons. The van der Waals surface area contributed by atoms with Gasteiger partial charge in [0.25, 0.3) is 0 Å². The van der Waals surface area contributed by atoms with Crippen LogP contribution >= 0.6 is 0 Å². The molecule has 0 aliphatic rings. The third kappa shape index (κ3) is 3.20. The molecule has 2 aromatic carbocycles. The summed E-state index contributed by atoms with van der Waals surface area (Å²) in [5, 5.41) is 8.59. The molecule has 0 spiro atoms. The number of halogens is 1. The molecule has 3 aromatic rings. The number of nitrogens with one attached hydrogen (secondary N) is 1. The van der Waals surface area contributed by atoms with Gasteiger partial charge < -0.3 is 10.1 Å². The normalized spacial score (nSPS) is 11.3. The Balaban J connectivity index is 1.78. The van der Waals surface area contributed by atoms with E-state index >= 15 is 0 Å². The molecular weight excluding hydrogens is 283 g/mol. The lowest BCUT2D eigenvalue weighted by Gasteiger charge is -1.99. The molecule has 0 atom stereocenters. The molecule has 5 heteroatoms. The van der Waals surface area contributed by atoms with Crippen molar-refractivity contribution in [2.75, 3.05) is 0 Å². The summed E-state index contributed by atoms with van der Waals surface area (Å²) in [6.07, 6.45) is 3.23. The topological polar surface area (TPSA) is 66.0 Å². The second kappa shape index (κ2) is 5.81. The monoisotopic (exact) mass is 296 g/mol. The van der Waals surface area contributed by atoms with Crippen LogP contribution in [0, 0.1) is 5.82 Å². The Labute approximate surface area is 125 Å². The quantitative estimate of drug-likeness (QED) is 0.725. The number of aromatic amines is 1. The lowest BCUT2D eigenvalue weighted by Crippen LogP contribution is -1.91. The van der Waals surface area contributed by atoms with Crippen molar-refractivity contribution >= 4 is 23.1 Å². The molecule has 0 saturated heterocycles. The molecule has 0 unspecified atom stereocenters. The fourth-order valence-electron chi connectivity index (χ4n) is 2.23. The first kappa shape index (κ1) is 14.0. The third-order valence-electron chi connectivity index (χ3n) is 3.26. The van der Waals surface area contributed by atoms with E-state index in [1.165, 1.54) is 18.2 Å². The van der Waals surface area contributed by atoms with Crippen LogP contribution in [-0.4, -0.2) is 21.0 Å². The third-order valence-corrected chi connectivity index (χ3v) is 3.26. The Morgan fingerprint density at radius 3 is 2.73 bits per heavy atom. The molecule has 3 rings (SSSR count). The fourth-order valence-corrected chi connectivity index (χ4v) is 2.23. The molecule has 110 valence electrons. The molecule has 0 aliphatic carbocycles. The average Bonchev–Trinajstić information content (AvgIpc) is 2.87. The Morgan fingerprint density at radius 1 is 1.23 bits per heavy atom. The van der Waals surface area contributed by atoms with Gasteiger partial charge in [-0.3, -0.25) is 0 Å². The van der Waals surface area contributed by atoms with Crippen LogP contribution in [0.4, 0.5) is 4.39 Å². The summed E-state index contributed by atoms with van der Waals surface area (Å²) >= 11 is 0. The van der Waals surface area contributed by atoms with Crippen molar-refractivity contribution in [3.63, 3.8) is 0 Å². The minimum absolute atomic E-state index is 0.294. The highest BCUT2D eigenvalue weighted by Crippen LogP contribution is 2.16. The summed E-state index contributed by atoms with van der Waals surface area (Å²) in [4.78, 5) is 18.0. The van der Waals surface area contributed by atoms with E-state index in [9.17, 15) is 9.18 Å². The van der Waals surface area contributed by atoms with Crippen LogP contribution < -0.4 is 0 Å². The molecule has 1 heterocycles. The van der Waals surface area contributed by atoms with E-state index in [4.69, 9.17) is 5.11 Å². The van der Waals surface area contributed by atoms with Gasteiger partial charge in [0.1, 0.15) is 11.6 Å². The van der Waals surface area contributed by atoms with Gasteiger partial charge in [-0.1, -0.05) is 24.3 Å². The van der Waals surface area contributed by atoms with Crippen molar-refractivity contribution < 1.29 is 14.3 Å². The number of imidazole rings is 1. The molecule has 22 heavy (non-hydrogen) atoms. The number of aliphatic carboxylic acids is 1. The smallest absolute Gasteiger partial charge is 0.328 e. The lowest BCUT2D eigenvalue weighted by atomic mass is 10.1. The van der Waals surface area contributed by atoms with Crippen LogP contribution in [0.25, 0.3) is 17.1 Å². The number of H-pyrrole nitrogens is 1. The van der Waals surface area contributed by atoms with E-state index in [0.29, 0.717) is 11.9 Å². The van der Waals surface area contributed by atoms with Crippen LogP contribution in [0.2, 0.25) is 0 Å². The number of nitrogens with zero attached hydrogens (tertiary/aromatic N) is 1. The van der Waals surface area contributed by atoms with Crippen LogP contribution in [0.1, 0.15) is 17.0 Å². The second-order valence-corrected chi connectivity index (χ2v) is 4.93. The van der Waals surface area contributed by atoms with Crippen molar-refractivity contribution in [3.8, 4) is 0 Å². The maximum atomic E-state index is 13.2. The van der Waals surface area contributed by atoms with Crippen molar-refractivity contribution in [3.05, 3.63) is 71.3 Å². The van der Waals surface area contributed by atoms with Gasteiger partial charge in [-0.15, -0.1) is 0 Å². The number of carbonyl (C=O) groups is 1. The van der Waals surface area contributed by atoms with Crippen LogP contribution in [-0.2, 0) is 11.2 Å². The van der Waals surface area contributed by atoms with Gasteiger partial charge in [0.05, 0.1) is 11.0 Å². The van der Waals surface area contributed by atoms with Crippen molar-refractivity contribution in [1.29, 1.82) is 0 Å². The van der Waals surface area contributed by atoms with E-state index in [0.717, 1.165) is 28.5 Å². The van der Waals surface area contributed by atoms with Crippen molar-refractivity contribution in [2.24, 2.45) is 0 Å². The fraction of sp³-hybridized carbons (Fsp3) is 0.0588. The van der Waals surface area contributed by atoms with Crippen molar-refractivity contribution in [2.45, 2.75) is 6.42 Å². The van der Waals surface area contributed by atoms with E-state index in [2.05, 4.69) is 9.97 Å². The van der Waals surface area contributed by atoms with E-state index in [1.54, 1.807) is 6.07 Å². The van der Waals surface area contributed by atoms with Gasteiger partial charge in [-0.05, 0) is 35.4 Å².